The quantitative estimate of drug-likeness (QED) is 0.552. The van der Waals surface area contributed by atoms with Gasteiger partial charge in [-0.05, 0) is 23.3 Å². The Morgan fingerprint density at radius 2 is 1.75 bits per heavy atom. The molecule has 1 aromatic heterocycles. The fourth-order valence-electron chi connectivity index (χ4n) is 3.01. The van der Waals surface area contributed by atoms with Crippen molar-refractivity contribution in [2.75, 3.05) is 0 Å². The van der Waals surface area contributed by atoms with Crippen LogP contribution in [0, 0.1) is 6.92 Å². The number of aromatic nitrogens is 1. The zero-order chi connectivity index (χ0) is 16.5. The number of hydrogen-bond donors (Lipinski definition) is 1. The van der Waals surface area contributed by atoms with E-state index in [0.29, 0.717) is 0 Å². The lowest BCUT2D eigenvalue weighted by Crippen LogP contribution is -2.11. The molecular weight excluding hydrogens is 312 g/mol. The summed E-state index contributed by atoms with van der Waals surface area (Å²) in [6, 6.07) is 22.9. The lowest BCUT2D eigenvalue weighted by molar-refractivity contribution is 0.857. The lowest BCUT2D eigenvalue weighted by Gasteiger charge is -2.09. The van der Waals surface area contributed by atoms with Gasteiger partial charge in [-0.1, -0.05) is 72.3 Å². The highest BCUT2D eigenvalue weighted by Crippen LogP contribution is 2.32. The standard InChI is InChI=1S/C21H18N2S/c1-14-6-4-9-16(12-14)20(22)21-23-19(13-24-21)18-11-5-8-15-7-2-3-10-17(15)18/h2-13,20H,22H2,1H3. The second kappa shape index (κ2) is 6.19. The van der Waals surface area contributed by atoms with Gasteiger partial charge in [0.25, 0.3) is 0 Å². The van der Waals surface area contributed by atoms with Gasteiger partial charge in [-0.2, -0.15) is 0 Å². The third-order valence-electron chi connectivity index (χ3n) is 4.25. The van der Waals surface area contributed by atoms with Gasteiger partial charge in [0.15, 0.2) is 0 Å². The molecule has 1 unspecified atom stereocenters. The van der Waals surface area contributed by atoms with Crippen molar-refractivity contribution in [1.82, 2.24) is 4.98 Å². The first-order chi connectivity index (χ1) is 11.7. The van der Waals surface area contributed by atoms with Crippen molar-refractivity contribution < 1.29 is 0 Å². The molecule has 1 atom stereocenters. The van der Waals surface area contributed by atoms with Crippen LogP contribution in [0.15, 0.2) is 72.1 Å². The van der Waals surface area contributed by atoms with Crippen LogP contribution in [0.5, 0.6) is 0 Å². The normalized spacial score (nSPS) is 12.4. The highest BCUT2D eigenvalue weighted by molar-refractivity contribution is 7.10. The third kappa shape index (κ3) is 2.73. The van der Waals surface area contributed by atoms with Crippen LogP contribution < -0.4 is 5.73 Å². The maximum absolute atomic E-state index is 6.44. The van der Waals surface area contributed by atoms with E-state index in [1.807, 2.05) is 6.07 Å². The van der Waals surface area contributed by atoms with E-state index in [4.69, 9.17) is 10.7 Å². The predicted molar refractivity (Wildman–Crippen MR) is 102 cm³/mol. The SMILES string of the molecule is Cc1cccc(C(N)c2nc(-c3cccc4ccccc34)cs2)c1. The molecular formula is C21H18N2S. The first-order valence-electron chi connectivity index (χ1n) is 7.98. The number of nitrogens with two attached hydrogens (primary N) is 1. The Morgan fingerprint density at radius 1 is 0.958 bits per heavy atom. The summed E-state index contributed by atoms with van der Waals surface area (Å²) in [5, 5.41) is 5.50. The molecule has 0 saturated heterocycles. The monoisotopic (exact) mass is 330 g/mol. The molecule has 4 rings (SSSR count). The summed E-state index contributed by atoms with van der Waals surface area (Å²) in [7, 11) is 0. The minimum Gasteiger partial charge on any atom is -0.318 e. The average molecular weight is 330 g/mol. The van der Waals surface area contributed by atoms with Crippen molar-refractivity contribution in [1.29, 1.82) is 0 Å². The summed E-state index contributed by atoms with van der Waals surface area (Å²) >= 11 is 1.63. The minimum absolute atomic E-state index is 0.182. The molecule has 3 heteroatoms. The van der Waals surface area contributed by atoms with Crippen LogP contribution in [0.2, 0.25) is 0 Å². The second-order valence-corrected chi connectivity index (χ2v) is 6.88. The van der Waals surface area contributed by atoms with Gasteiger partial charge >= 0.3 is 0 Å². The number of hydrogen-bond acceptors (Lipinski definition) is 3. The molecule has 3 aromatic carbocycles. The Hall–Kier alpha value is -2.49. The van der Waals surface area contributed by atoms with E-state index in [2.05, 4.69) is 73.0 Å². The van der Waals surface area contributed by atoms with Crippen molar-refractivity contribution in [3.05, 3.63) is 88.2 Å². The van der Waals surface area contributed by atoms with Gasteiger partial charge in [0.2, 0.25) is 0 Å². The predicted octanol–water partition coefficient (Wildman–Crippen LogP) is 5.32. The highest BCUT2D eigenvalue weighted by Gasteiger charge is 2.15. The molecule has 0 aliphatic rings. The van der Waals surface area contributed by atoms with Gasteiger partial charge in [0.05, 0.1) is 11.7 Å². The smallest absolute Gasteiger partial charge is 0.115 e. The Balaban J connectivity index is 1.74. The molecule has 24 heavy (non-hydrogen) atoms. The van der Waals surface area contributed by atoms with Gasteiger partial charge in [-0.3, -0.25) is 0 Å². The molecule has 2 N–H and O–H groups in total. The summed E-state index contributed by atoms with van der Waals surface area (Å²) in [4.78, 5) is 4.83. The fourth-order valence-corrected chi connectivity index (χ4v) is 3.85. The summed E-state index contributed by atoms with van der Waals surface area (Å²) < 4.78 is 0. The highest BCUT2D eigenvalue weighted by atomic mass is 32.1. The first kappa shape index (κ1) is 15.1. The molecule has 0 saturated carbocycles. The van der Waals surface area contributed by atoms with E-state index in [1.165, 1.54) is 16.3 Å². The maximum Gasteiger partial charge on any atom is 0.115 e. The molecule has 0 amide bonds. The zero-order valence-electron chi connectivity index (χ0n) is 13.4. The Morgan fingerprint density at radius 3 is 2.62 bits per heavy atom. The third-order valence-corrected chi connectivity index (χ3v) is 5.18. The average Bonchev–Trinajstić information content (AvgIpc) is 3.10. The fraction of sp³-hybridized carbons (Fsp3) is 0.0952. The van der Waals surface area contributed by atoms with Crippen molar-refractivity contribution in [3.63, 3.8) is 0 Å². The van der Waals surface area contributed by atoms with Crippen LogP contribution in [0.4, 0.5) is 0 Å². The number of rotatable bonds is 3. The van der Waals surface area contributed by atoms with Gasteiger partial charge in [0, 0.05) is 10.9 Å². The van der Waals surface area contributed by atoms with E-state index < -0.39 is 0 Å². The number of benzene rings is 3. The van der Waals surface area contributed by atoms with Gasteiger partial charge in [-0.15, -0.1) is 11.3 Å². The number of aryl methyl sites for hydroxylation is 1. The molecule has 0 aliphatic carbocycles. The lowest BCUT2D eigenvalue weighted by atomic mass is 10.0. The van der Waals surface area contributed by atoms with Gasteiger partial charge < -0.3 is 5.73 Å². The molecule has 4 aromatic rings. The summed E-state index contributed by atoms with van der Waals surface area (Å²) in [5.41, 5.74) is 10.9. The molecule has 118 valence electrons. The van der Waals surface area contributed by atoms with E-state index in [9.17, 15) is 0 Å². The van der Waals surface area contributed by atoms with Crippen LogP contribution in [-0.2, 0) is 0 Å². The largest absolute Gasteiger partial charge is 0.318 e. The van der Waals surface area contributed by atoms with Crippen LogP contribution in [0.3, 0.4) is 0 Å². The molecule has 0 fully saturated rings. The van der Waals surface area contributed by atoms with Crippen LogP contribution >= 0.6 is 11.3 Å². The van der Waals surface area contributed by atoms with E-state index >= 15 is 0 Å². The van der Waals surface area contributed by atoms with Crippen molar-refractivity contribution in [3.8, 4) is 11.3 Å². The first-order valence-corrected chi connectivity index (χ1v) is 8.86. The summed E-state index contributed by atoms with van der Waals surface area (Å²) in [6.07, 6.45) is 0. The Bertz CT molecular complexity index is 998. The Labute approximate surface area is 145 Å². The molecule has 0 spiro atoms. The second-order valence-electron chi connectivity index (χ2n) is 5.99. The zero-order valence-corrected chi connectivity index (χ0v) is 14.3. The molecule has 0 aliphatic heterocycles. The maximum atomic E-state index is 6.44. The van der Waals surface area contributed by atoms with Crippen molar-refractivity contribution >= 4 is 22.1 Å². The van der Waals surface area contributed by atoms with Crippen molar-refractivity contribution in [2.24, 2.45) is 5.73 Å². The number of fused-ring (bicyclic) bond motifs is 1. The molecule has 1 heterocycles. The van der Waals surface area contributed by atoms with Crippen LogP contribution in [0.1, 0.15) is 22.2 Å². The summed E-state index contributed by atoms with van der Waals surface area (Å²) in [6.45, 7) is 2.08. The molecule has 0 bridgehead atoms. The van der Waals surface area contributed by atoms with E-state index in [1.54, 1.807) is 11.3 Å². The molecule has 2 nitrogen and oxygen atoms in total. The van der Waals surface area contributed by atoms with Gasteiger partial charge in [-0.25, -0.2) is 4.98 Å². The minimum atomic E-state index is -0.182. The van der Waals surface area contributed by atoms with Crippen molar-refractivity contribution in [2.45, 2.75) is 13.0 Å². The summed E-state index contributed by atoms with van der Waals surface area (Å²) in [5.74, 6) is 0. The van der Waals surface area contributed by atoms with Gasteiger partial charge in [0.1, 0.15) is 5.01 Å². The van der Waals surface area contributed by atoms with Crippen LogP contribution in [-0.4, -0.2) is 4.98 Å². The van der Waals surface area contributed by atoms with E-state index in [0.717, 1.165) is 21.8 Å². The van der Waals surface area contributed by atoms with E-state index in [-0.39, 0.29) is 6.04 Å². The molecule has 0 radical (unpaired) electrons. The van der Waals surface area contributed by atoms with Crippen LogP contribution in [0.25, 0.3) is 22.0 Å². The number of nitrogens with zero attached hydrogens (tertiary/aromatic N) is 1. The Kier molecular flexibility index (Phi) is 3.89. The topological polar surface area (TPSA) is 38.9 Å². The number of thiazole rings is 1.